The predicted octanol–water partition coefficient (Wildman–Crippen LogP) is 13.3. The molecule has 0 aliphatic heterocycles. The molecule has 0 amide bonds. The van der Waals surface area contributed by atoms with Crippen LogP contribution in [-0.2, 0) is 44.7 Å². The first kappa shape index (κ1) is 51.8. The Balaban J connectivity index is 1.37. The molecular formula is C58H82O7. The Labute approximate surface area is 392 Å². The Morgan fingerprint density at radius 3 is 1.68 bits per heavy atom. The highest BCUT2D eigenvalue weighted by Crippen LogP contribution is 2.46. The van der Waals surface area contributed by atoms with Gasteiger partial charge < -0.3 is 24.4 Å². The topological polar surface area (TPSA) is 102 Å². The average Bonchev–Trinajstić information content (AvgIpc) is 3.33. The maximum atomic E-state index is 12.2. The van der Waals surface area contributed by atoms with Gasteiger partial charge in [0, 0.05) is 30.3 Å². The Morgan fingerprint density at radius 2 is 1.15 bits per heavy atom. The molecule has 2 aliphatic rings. The zero-order chi connectivity index (χ0) is 46.7. The van der Waals surface area contributed by atoms with Gasteiger partial charge in [0.15, 0.2) is 0 Å². The molecule has 0 spiro atoms. The molecule has 7 heteroatoms. The Hall–Kier alpha value is -4.20. The number of ether oxygens (including phenoxy) is 3. The molecule has 0 bridgehead atoms. The smallest absolute Gasteiger partial charge is 0.333 e. The molecule has 3 aromatic rings. The fourth-order valence-electron chi connectivity index (χ4n) is 10.5. The van der Waals surface area contributed by atoms with E-state index in [2.05, 4.69) is 82.5 Å². The van der Waals surface area contributed by atoms with Crippen LogP contribution in [-0.4, -0.2) is 55.2 Å². The highest BCUT2D eigenvalue weighted by atomic mass is 16.5. The summed E-state index contributed by atoms with van der Waals surface area (Å²) >= 11 is 0. The van der Waals surface area contributed by atoms with Gasteiger partial charge in [0.2, 0.25) is 0 Å². The number of esters is 2. The van der Waals surface area contributed by atoms with Gasteiger partial charge in [-0.3, -0.25) is 0 Å². The van der Waals surface area contributed by atoms with Crippen molar-refractivity contribution in [3.05, 3.63) is 101 Å². The average molecular weight is 891 g/mol. The minimum absolute atomic E-state index is 0.124. The van der Waals surface area contributed by atoms with E-state index in [0.29, 0.717) is 55.8 Å². The van der Waals surface area contributed by atoms with Crippen LogP contribution >= 0.6 is 0 Å². The predicted molar refractivity (Wildman–Crippen MR) is 266 cm³/mol. The van der Waals surface area contributed by atoms with Crippen LogP contribution in [0.2, 0.25) is 0 Å². The maximum Gasteiger partial charge on any atom is 0.333 e. The van der Waals surface area contributed by atoms with Gasteiger partial charge in [-0.2, -0.15) is 0 Å². The SMILES string of the molecule is C=C(C)C(=O)OCCCc1cc(-c2ccc(-c3ccc(C4CCC(C5CCC(CCCCC)CC5)CC4)c(CC)c3)cc2CC)cc(CCCOC(=O)C(=C)C)c1OCCC(CO)CO. The lowest BCUT2D eigenvalue weighted by Crippen LogP contribution is -2.25. The van der Waals surface area contributed by atoms with Crippen molar-refractivity contribution in [1.82, 2.24) is 0 Å². The van der Waals surface area contributed by atoms with Crippen molar-refractivity contribution in [2.45, 2.75) is 163 Å². The third-order valence-electron chi connectivity index (χ3n) is 14.5. The molecule has 7 nitrogen and oxygen atoms in total. The molecule has 0 heterocycles. The van der Waals surface area contributed by atoms with E-state index in [4.69, 9.17) is 14.2 Å². The highest BCUT2D eigenvalue weighted by Gasteiger charge is 2.32. The molecular weight excluding hydrogens is 809 g/mol. The number of carbonyl (C=O) groups excluding carboxylic acids is 2. The molecule has 2 N–H and O–H groups in total. The van der Waals surface area contributed by atoms with E-state index in [1.54, 1.807) is 19.4 Å². The number of aliphatic hydroxyl groups excluding tert-OH is 2. The fraction of sp³-hybridized carbons (Fsp3) is 0.586. The Bertz CT molecular complexity index is 1940. The number of unbranched alkanes of at least 4 members (excludes halogenated alkanes) is 2. The molecule has 65 heavy (non-hydrogen) atoms. The van der Waals surface area contributed by atoms with Gasteiger partial charge in [-0.25, -0.2) is 9.59 Å². The standard InChI is InChI=1S/C58H82O7/c1-8-11-12-15-42-18-20-46(21-19-42)47-22-24-48(25-23-47)54-28-26-49(34-44(54)9-2)50-27-29-55(45(10-3)35-50)53-36-51(16-13-31-64-57(61)40(4)5)56(63-33-30-43(38-59)39-60)52(37-53)17-14-32-65-58(62)41(6)7/h26-29,34-37,42-43,46-48,59-60H,4,6,8-25,30-33,38-39H2,1-3,5,7H3. The molecule has 0 unspecified atom stereocenters. The third kappa shape index (κ3) is 15.2. The summed E-state index contributed by atoms with van der Waals surface area (Å²) in [4.78, 5) is 24.4. The second-order valence-electron chi connectivity index (χ2n) is 19.4. The quantitative estimate of drug-likeness (QED) is 0.0470. The molecule has 0 radical (unpaired) electrons. The first-order valence-electron chi connectivity index (χ1n) is 25.4. The summed E-state index contributed by atoms with van der Waals surface area (Å²) < 4.78 is 17.5. The van der Waals surface area contributed by atoms with E-state index in [0.717, 1.165) is 58.6 Å². The molecule has 2 aliphatic carbocycles. The molecule has 356 valence electrons. The van der Waals surface area contributed by atoms with Crippen LogP contribution in [0, 0.1) is 23.7 Å². The van der Waals surface area contributed by atoms with Gasteiger partial charge in [0.1, 0.15) is 5.75 Å². The number of rotatable bonds is 26. The second-order valence-corrected chi connectivity index (χ2v) is 19.4. The first-order valence-corrected chi connectivity index (χ1v) is 25.4. The van der Waals surface area contributed by atoms with Gasteiger partial charge in [-0.1, -0.05) is 109 Å². The largest absolute Gasteiger partial charge is 0.493 e. The van der Waals surface area contributed by atoms with Crippen LogP contribution in [0.1, 0.15) is 165 Å². The minimum atomic E-state index is -0.407. The van der Waals surface area contributed by atoms with Crippen molar-refractivity contribution < 1.29 is 34.0 Å². The summed E-state index contributed by atoms with van der Waals surface area (Å²) in [6.07, 6.45) is 21.6. The highest BCUT2D eigenvalue weighted by molar-refractivity contribution is 5.87. The summed E-state index contributed by atoms with van der Waals surface area (Å²) in [7, 11) is 0. The monoisotopic (exact) mass is 891 g/mol. The summed E-state index contributed by atoms with van der Waals surface area (Å²) in [5.74, 6) is 3.17. The molecule has 0 atom stereocenters. The van der Waals surface area contributed by atoms with Crippen molar-refractivity contribution in [3.8, 4) is 28.0 Å². The normalized spacial score (nSPS) is 18.6. The van der Waals surface area contributed by atoms with Gasteiger partial charge in [0.25, 0.3) is 0 Å². The lowest BCUT2D eigenvalue weighted by Gasteiger charge is -2.38. The zero-order valence-electron chi connectivity index (χ0n) is 40.8. The lowest BCUT2D eigenvalue weighted by molar-refractivity contribution is -0.139. The van der Waals surface area contributed by atoms with E-state index in [1.165, 1.54) is 99.3 Å². The first-order chi connectivity index (χ1) is 31.5. The number of carbonyl (C=O) groups is 2. The molecule has 2 fully saturated rings. The number of aryl methyl sites for hydroxylation is 4. The number of benzene rings is 3. The van der Waals surface area contributed by atoms with Crippen LogP contribution in [0.3, 0.4) is 0 Å². The van der Waals surface area contributed by atoms with Gasteiger partial charge in [-0.15, -0.1) is 0 Å². The van der Waals surface area contributed by atoms with E-state index in [-0.39, 0.29) is 32.3 Å². The van der Waals surface area contributed by atoms with Crippen molar-refractivity contribution in [2.24, 2.45) is 23.7 Å². The number of hydrogen-bond donors (Lipinski definition) is 2. The molecule has 2 saturated carbocycles. The van der Waals surface area contributed by atoms with Crippen molar-refractivity contribution in [2.75, 3.05) is 33.0 Å². The zero-order valence-corrected chi connectivity index (χ0v) is 40.8. The van der Waals surface area contributed by atoms with Crippen LogP contribution < -0.4 is 4.74 Å². The van der Waals surface area contributed by atoms with Crippen LogP contribution in [0.4, 0.5) is 0 Å². The van der Waals surface area contributed by atoms with Crippen molar-refractivity contribution >= 4 is 11.9 Å². The summed E-state index contributed by atoms with van der Waals surface area (Å²) in [5.41, 5.74) is 11.7. The number of hydrogen-bond acceptors (Lipinski definition) is 7. The Kier molecular flexibility index (Phi) is 21.4. The summed E-state index contributed by atoms with van der Waals surface area (Å²) in [6, 6.07) is 18.5. The Morgan fingerprint density at radius 1 is 0.631 bits per heavy atom. The van der Waals surface area contributed by atoms with Gasteiger partial charge >= 0.3 is 11.9 Å². The summed E-state index contributed by atoms with van der Waals surface area (Å²) in [5, 5.41) is 19.5. The van der Waals surface area contributed by atoms with Crippen LogP contribution in [0.15, 0.2) is 72.8 Å². The summed E-state index contributed by atoms with van der Waals surface area (Å²) in [6.45, 7) is 18.1. The van der Waals surface area contributed by atoms with E-state index in [9.17, 15) is 19.8 Å². The van der Waals surface area contributed by atoms with Gasteiger partial charge in [-0.05, 0) is 183 Å². The van der Waals surface area contributed by atoms with Crippen LogP contribution in [0.25, 0.3) is 22.3 Å². The van der Waals surface area contributed by atoms with Crippen molar-refractivity contribution in [1.29, 1.82) is 0 Å². The van der Waals surface area contributed by atoms with Crippen LogP contribution in [0.5, 0.6) is 5.75 Å². The molecule has 5 rings (SSSR count). The van der Waals surface area contributed by atoms with E-state index in [1.807, 2.05) is 0 Å². The molecule has 0 saturated heterocycles. The number of aliphatic hydroxyl groups is 2. The minimum Gasteiger partial charge on any atom is -0.493 e. The lowest BCUT2D eigenvalue weighted by atomic mass is 9.67. The van der Waals surface area contributed by atoms with Gasteiger partial charge in [0.05, 0.1) is 19.8 Å². The molecule has 3 aromatic carbocycles. The molecule has 0 aromatic heterocycles. The second kappa shape index (κ2) is 26.8. The van der Waals surface area contributed by atoms with Crippen molar-refractivity contribution in [3.63, 3.8) is 0 Å². The van der Waals surface area contributed by atoms with E-state index < -0.39 is 11.9 Å². The van der Waals surface area contributed by atoms with E-state index >= 15 is 0 Å². The fourth-order valence-corrected chi connectivity index (χ4v) is 10.5. The third-order valence-corrected chi connectivity index (χ3v) is 14.5. The maximum absolute atomic E-state index is 12.2.